The third-order valence-corrected chi connectivity index (χ3v) is 7.70. The summed E-state index contributed by atoms with van der Waals surface area (Å²) in [5.41, 5.74) is 1.51. The average molecular weight is 415 g/mol. The summed E-state index contributed by atoms with van der Waals surface area (Å²) in [5.74, 6) is 2.78. The van der Waals surface area contributed by atoms with Gasteiger partial charge < -0.3 is 9.80 Å². The minimum Gasteiger partial charge on any atom is -0.352 e. The van der Waals surface area contributed by atoms with Crippen LogP contribution < -0.4 is 4.90 Å². The van der Waals surface area contributed by atoms with Crippen LogP contribution in [0.2, 0.25) is 0 Å². The first-order valence-corrected chi connectivity index (χ1v) is 12.3. The molecule has 2 aromatic rings. The lowest BCUT2D eigenvalue weighted by atomic mass is 10.1. The molecule has 0 aromatic carbocycles. The van der Waals surface area contributed by atoms with Crippen LogP contribution in [0.4, 0.5) is 5.82 Å². The number of nitrogens with zero attached hydrogens (tertiary/aromatic N) is 4. The van der Waals surface area contributed by atoms with Gasteiger partial charge >= 0.3 is 0 Å². The molecule has 0 unspecified atom stereocenters. The van der Waals surface area contributed by atoms with Gasteiger partial charge in [-0.25, -0.2) is 9.97 Å². The van der Waals surface area contributed by atoms with Gasteiger partial charge in [0.25, 0.3) is 0 Å². The van der Waals surface area contributed by atoms with Crippen LogP contribution in [0.3, 0.4) is 0 Å². The van der Waals surface area contributed by atoms with Crippen LogP contribution in [-0.4, -0.2) is 47.0 Å². The molecule has 2 aromatic heterocycles. The highest BCUT2D eigenvalue weighted by atomic mass is 32.1. The number of aryl methyl sites for hydroxylation is 2. The van der Waals surface area contributed by atoms with E-state index in [0.29, 0.717) is 18.2 Å². The molecule has 1 saturated heterocycles. The maximum Gasteiger partial charge on any atom is 0.222 e. The highest BCUT2D eigenvalue weighted by molar-refractivity contribution is 7.19. The lowest BCUT2D eigenvalue weighted by Gasteiger charge is -2.36. The van der Waals surface area contributed by atoms with Crippen LogP contribution in [0, 0.1) is 0 Å². The van der Waals surface area contributed by atoms with Gasteiger partial charge in [0.1, 0.15) is 16.5 Å². The van der Waals surface area contributed by atoms with Crippen LogP contribution >= 0.6 is 11.3 Å². The Morgan fingerprint density at radius 3 is 2.55 bits per heavy atom. The maximum atomic E-state index is 12.3. The van der Waals surface area contributed by atoms with Crippen molar-refractivity contribution in [2.45, 2.75) is 78.1 Å². The molecule has 2 aliphatic rings. The van der Waals surface area contributed by atoms with Crippen LogP contribution in [0.1, 0.15) is 81.5 Å². The summed E-state index contributed by atoms with van der Waals surface area (Å²) < 4.78 is 0. The first kappa shape index (κ1) is 20.6. The summed E-state index contributed by atoms with van der Waals surface area (Å²) in [6.45, 7) is 9.85. The van der Waals surface area contributed by atoms with E-state index in [1.165, 1.54) is 46.3 Å². The van der Waals surface area contributed by atoms with Gasteiger partial charge in [-0.3, -0.25) is 4.79 Å². The molecule has 1 aliphatic carbocycles. The normalized spacial score (nSPS) is 18.6. The Balaban J connectivity index is 1.70. The van der Waals surface area contributed by atoms with E-state index in [2.05, 4.69) is 25.7 Å². The zero-order valence-corrected chi connectivity index (χ0v) is 19.0. The summed E-state index contributed by atoms with van der Waals surface area (Å²) in [6, 6.07) is 0. The van der Waals surface area contributed by atoms with Gasteiger partial charge in [0.15, 0.2) is 0 Å². The summed E-state index contributed by atoms with van der Waals surface area (Å²) >= 11 is 1.90. The number of piperazine rings is 1. The SMILES string of the molecule is CCCC(=O)N1CCN(c2nc([C@@H](C)CC)nc3sc4c(c23)CCCCC4)CC1. The Hall–Kier alpha value is -1.69. The molecule has 5 nitrogen and oxygen atoms in total. The molecule has 0 bridgehead atoms. The van der Waals surface area contributed by atoms with Gasteiger partial charge in [-0.1, -0.05) is 27.2 Å². The highest BCUT2D eigenvalue weighted by Crippen LogP contribution is 2.40. The molecule has 6 heteroatoms. The third-order valence-electron chi connectivity index (χ3n) is 6.51. The van der Waals surface area contributed by atoms with Gasteiger partial charge in [0, 0.05) is 43.4 Å². The zero-order chi connectivity index (χ0) is 20.4. The van der Waals surface area contributed by atoms with Crippen molar-refractivity contribution in [3.05, 3.63) is 16.3 Å². The predicted octanol–water partition coefficient (Wildman–Crippen LogP) is 4.92. The molecule has 1 fully saturated rings. The molecular formula is C23H34N4OS. The Morgan fingerprint density at radius 2 is 1.83 bits per heavy atom. The summed E-state index contributed by atoms with van der Waals surface area (Å²) in [6.07, 6.45) is 8.86. The maximum absolute atomic E-state index is 12.3. The average Bonchev–Trinajstić information content (AvgIpc) is 2.93. The van der Waals surface area contributed by atoms with E-state index in [1.54, 1.807) is 0 Å². The van der Waals surface area contributed by atoms with Gasteiger partial charge in [0.05, 0.1) is 5.39 Å². The number of hydrogen-bond acceptors (Lipinski definition) is 5. The quantitative estimate of drug-likeness (QED) is 0.652. The smallest absolute Gasteiger partial charge is 0.222 e. The number of amides is 1. The molecule has 1 atom stereocenters. The molecule has 158 valence electrons. The van der Waals surface area contributed by atoms with E-state index < -0.39 is 0 Å². The van der Waals surface area contributed by atoms with E-state index in [9.17, 15) is 4.79 Å². The molecular weight excluding hydrogens is 380 g/mol. The standard InChI is InChI=1S/C23H34N4OS/c1-4-9-19(28)26-12-14-27(15-13-26)22-20-17-10-7-6-8-11-18(17)29-23(20)25-21(24-22)16(3)5-2/h16H,4-15H2,1-3H3/t16-/m0/s1. The second-order valence-corrected chi connectivity index (χ2v) is 9.66. The molecule has 1 aliphatic heterocycles. The fourth-order valence-corrected chi connectivity index (χ4v) is 5.77. The van der Waals surface area contributed by atoms with Crippen LogP contribution in [0.5, 0.6) is 0 Å². The topological polar surface area (TPSA) is 49.3 Å². The second kappa shape index (κ2) is 8.99. The first-order valence-electron chi connectivity index (χ1n) is 11.5. The minimum atomic E-state index is 0.296. The Bertz CT molecular complexity index is 869. The van der Waals surface area contributed by atoms with Crippen LogP contribution in [-0.2, 0) is 17.6 Å². The van der Waals surface area contributed by atoms with E-state index in [0.717, 1.165) is 57.1 Å². The number of rotatable bonds is 5. The summed E-state index contributed by atoms with van der Waals surface area (Å²) in [7, 11) is 0. The van der Waals surface area contributed by atoms with Crippen molar-refractivity contribution in [2.75, 3.05) is 31.1 Å². The van der Waals surface area contributed by atoms with Crippen molar-refractivity contribution in [3.8, 4) is 0 Å². The van der Waals surface area contributed by atoms with Gasteiger partial charge in [0.2, 0.25) is 5.91 Å². The highest BCUT2D eigenvalue weighted by Gasteiger charge is 2.27. The lowest BCUT2D eigenvalue weighted by molar-refractivity contribution is -0.131. The first-order chi connectivity index (χ1) is 14.1. The molecule has 0 saturated carbocycles. The van der Waals surface area contributed by atoms with E-state index in [4.69, 9.17) is 9.97 Å². The van der Waals surface area contributed by atoms with Crippen molar-refractivity contribution in [3.63, 3.8) is 0 Å². The Kier molecular flexibility index (Phi) is 6.38. The lowest BCUT2D eigenvalue weighted by Crippen LogP contribution is -2.49. The number of anilines is 1. The molecule has 0 radical (unpaired) electrons. The zero-order valence-electron chi connectivity index (χ0n) is 18.2. The molecule has 4 rings (SSSR count). The molecule has 0 spiro atoms. The Labute approximate surface area is 178 Å². The third kappa shape index (κ3) is 4.14. The summed E-state index contributed by atoms with van der Waals surface area (Å²) in [4.78, 5) is 29.6. The number of aromatic nitrogens is 2. The van der Waals surface area contributed by atoms with Crippen molar-refractivity contribution in [1.82, 2.24) is 14.9 Å². The monoisotopic (exact) mass is 414 g/mol. The van der Waals surface area contributed by atoms with Crippen LogP contribution in [0.15, 0.2) is 0 Å². The van der Waals surface area contributed by atoms with Crippen LogP contribution in [0.25, 0.3) is 10.2 Å². The van der Waals surface area contributed by atoms with Gasteiger partial charge in [-0.05, 0) is 44.1 Å². The number of thiophene rings is 1. The summed E-state index contributed by atoms with van der Waals surface area (Å²) in [5, 5.41) is 1.31. The predicted molar refractivity (Wildman–Crippen MR) is 121 cm³/mol. The number of hydrogen-bond donors (Lipinski definition) is 0. The minimum absolute atomic E-state index is 0.296. The molecule has 1 amide bonds. The van der Waals surface area contributed by atoms with Crippen molar-refractivity contribution >= 4 is 33.3 Å². The largest absolute Gasteiger partial charge is 0.352 e. The molecule has 29 heavy (non-hydrogen) atoms. The fourth-order valence-electron chi connectivity index (χ4n) is 4.50. The number of carbonyl (C=O) groups excluding carboxylic acids is 1. The van der Waals surface area contributed by atoms with Crippen molar-refractivity contribution < 1.29 is 4.79 Å². The Morgan fingerprint density at radius 1 is 1.07 bits per heavy atom. The van der Waals surface area contributed by atoms with E-state index in [1.807, 2.05) is 16.2 Å². The fraction of sp³-hybridized carbons (Fsp3) is 0.696. The number of carbonyl (C=O) groups is 1. The second-order valence-electron chi connectivity index (χ2n) is 8.58. The van der Waals surface area contributed by atoms with E-state index >= 15 is 0 Å². The van der Waals surface area contributed by atoms with Gasteiger partial charge in [-0.15, -0.1) is 11.3 Å². The van der Waals surface area contributed by atoms with Gasteiger partial charge in [-0.2, -0.15) is 0 Å². The number of fused-ring (bicyclic) bond motifs is 3. The van der Waals surface area contributed by atoms with E-state index in [-0.39, 0.29) is 0 Å². The van der Waals surface area contributed by atoms with Crippen molar-refractivity contribution in [1.29, 1.82) is 0 Å². The van der Waals surface area contributed by atoms with Crippen molar-refractivity contribution in [2.24, 2.45) is 0 Å². The molecule has 3 heterocycles. The molecule has 0 N–H and O–H groups in total.